The van der Waals surface area contributed by atoms with Crippen LogP contribution < -0.4 is 14.8 Å². The maximum Gasteiger partial charge on any atom is 0.265 e. The van der Waals surface area contributed by atoms with Crippen LogP contribution in [-0.2, 0) is 4.79 Å². The Bertz CT molecular complexity index is 514. The number of nitrogens with one attached hydrogen (secondary N) is 1. The van der Waals surface area contributed by atoms with Gasteiger partial charge in [0.1, 0.15) is 6.61 Å². The summed E-state index contributed by atoms with van der Waals surface area (Å²) in [5, 5.41) is 3.11. The predicted molar refractivity (Wildman–Crippen MR) is 81.0 cm³/mol. The molecule has 1 aromatic rings. The lowest BCUT2D eigenvalue weighted by Gasteiger charge is -2.38. The van der Waals surface area contributed by atoms with E-state index < -0.39 is 6.10 Å². The van der Waals surface area contributed by atoms with E-state index >= 15 is 0 Å². The number of ether oxygens (including phenoxy) is 2. The molecule has 4 nitrogen and oxygen atoms in total. The standard InChI is InChI=1S/C16H20ClNO3/c17-11-16(8-4-1-5-9-16)18-15(19)14-10-20-12-6-2-3-7-13(12)21-14/h2-3,6-7,14H,1,4-5,8-11H2,(H,18,19). The molecule has 0 bridgehead atoms. The number of halogens is 1. The van der Waals surface area contributed by atoms with Crippen molar-refractivity contribution in [3.05, 3.63) is 24.3 Å². The Kier molecular flexibility index (Phi) is 4.24. The molecule has 114 valence electrons. The molecule has 1 N–H and O–H groups in total. The van der Waals surface area contributed by atoms with E-state index in [-0.39, 0.29) is 18.1 Å². The van der Waals surface area contributed by atoms with Crippen LogP contribution in [-0.4, -0.2) is 30.0 Å². The molecular weight excluding hydrogens is 290 g/mol. The molecule has 0 spiro atoms. The topological polar surface area (TPSA) is 47.6 Å². The molecule has 1 unspecified atom stereocenters. The van der Waals surface area contributed by atoms with Crippen molar-refractivity contribution in [3.63, 3.8) is 0 Å². The summed E-state index contributed by atoms with van der Waals surface area (Å²) in [5.74, 6) is 1.62. The number of alkyl halides is 1. The zero-order chi connectivity index (χ0) is 14.7. The van der Waals surface area contributed by atoms with Crippen LogP contribution in [0.2, 0.25) is 0 Å². The van der Waals surface area contributed by atoms with Crippen molar-refractivity contribution in [1.29, 1.82) is 0 Å². The van der Waals surface area contributed by atoms with E-state index in [0.717, 1.165) is 25.7 Å². The Morgan fingerprint density at radius 1 is 1.24 bits per heavy atom. The molecule has 21 heavy (non-hydrogen) atoms. The van der Waals surface area contributed by atoms with Gasteiger partial charge < -0.3 is 14.8 Å². The number of hydrogen-bond acceptors (Lipinski definition) is 3. The van der Waals surface area contributed by atoms with Gasteiger partial charge in [-0.05, 0) is 25.0 Å². The lowest BCUT2D eigenvalue weighted by molar-refractivity contribution is -0.132. The molecule has 0 radical (unpaired) electrons. The summed E-state index contributed by atoms with van der Waals surface area (Å²) in [5.41, 5.74) is -0.281. The molecule has 1 fully saturated rings. The number of carbonyl (C=O) groups excluding carboxylic acids is 1. The fraction of sp³-hybridized carbons (Fsp3) is 0.562. The maximum atomic E-state index is 12.5. The van der Waals surface area contributed by atoms with Crippen LogP contribution in [0.5, 0.6) is 11.5 Å². The van der Waals surface area contributed by atoms with Gasteiger partial charge in [0, 0.05) is 5.88 Å². The number of carbonyl (C=O) groups is 1. The lowest BCUT2D eigenvalue weighted by atomic mass is 9.83. The molecule has 1 aromatic carbocycles. The van der Waals surface area contributed by atoms with E-state index in [2.05, 4.69) is 5.32 Å². The average Bonchev–Trinajstić information content (AvgIpc) is 2.55. The number of benzene rings is 1. The van der Waals surface area contributed by atoms with Crippen molar-refractivity contribution in [1.82, 2.24) is 5.32 Å². The van der Waals surface area contributed by atoms with E-state index in [1.54, 1.807) is 0 Å². The highest BCUT2D eigenvalue weighted by Crippen LogP contribution is 2.32. The third kappa shape index (κ3) is 3.10. The Morgan fingerprint density at radius 3 is 2.67 bits per heavy atom. The zero-order valence-electron chi connectivity index (χ0n) is 11.9. The smallest absolute Gasteiger partial charge is 0.265 e. The monoisotopic (exact) mass is 309 g/mol. The van der Waals surface area contributed by atoms with Gasteiger partial charge in [0.15, 0.2) is 11.5 Å². The molecule has 1 aliphatic carbocycles. The van der Waals surface area contributed by atoms with Crippen LogP contribution in [0, 0.1) is 0 Å². The minimum absolute atomic E-state index is 0.132. The van der Waals surface area contributed by atoms with Gasteiger partial charge in [-0.3, -0.25) is 4.79 Å². The molecule has 3 rings (SSSR count). The minimum atomic E-state index is -0.609. The number of rotatable bonds is 3. The summed E-state index contributed by atoms with van der Waals surface area (Å²) in [4.78, 5) is 12.5. The Hall–Kier alpha value is -1.42. The van der Waals surface area contributed by atoms with Gasteiger partial charge >= 0.3 is 0 Å². The fourth-order valence-corrected chi connectivity index (χ4v) is 3.35. The number of para-hydroxylation sites is 2. The van der Waals surface area contributed by atoms with E-state index in [4.69, 9.17) is 21.1 Å². The molecule has 2 aliphatic rings. The second kappa shape index (κ2) is 6.14. The van der Waals surface area contributed by atoms with Crippen LogP contribution in [0.15, 0.2) is 24.3 Å². The van der Waals surface area contributed by atoms with Crippen molar-refractivity contribution < 1.29 is 14.3 Å². The minimum Gasteiger partial charge on any atom is -0.485 e. The lowest BCUT2D eigenvalue weighted by Crippen LogP contribution is -2.56. The molecule has 1 heterocycles. The van der Waals surface area contributed by atoms with Crippen molar-refractivity contribution in [3.8, 4) is 11.5 Å². The Labute approximate surface area is 129 Å². The first-order valence-corrected chi connectivity index (χ1v) is 8.02. The molecule has 1 amide bonds. The Morgan fingerprint density at radius 2 is 1.95 bits per heavy atom. The van der Waals surface area contributed by atoms with Crippen LogP contribution >= 0.6 is 11.6 Å². The third-order valence-corrected chi connectivity index (χ3v) is 4.77. The van der Waals surface area contributed by atoms with Gasteiger partial charge in [-0.1, -0.05) is 31.4 Å². The third-order valence-electron chi connectivity index (χ3n) is 4.26. The SMILES string of the molecule is O=C(NC1(CCl)CCCCC1)C1COc2ccccc2O1. The van der Waals surface area contributed by atoms with Crippen LogP contribution in [0.25, 0.3) is 0 Å². The molecule has 5 heteroatoms. The molecule has 0 saturated heterocycles. The average molecular weight is 310 g/mol. The second-order valence-electron chi connectivity index (χ2n) is 5.83. The molecule has 1 saturated carbocycles. The van der Waals surface area contributed by atoms with Gasteiger partial charge in [0.25, 0.3) is 5.91 Å². The number of fused-ring (bicyclic) bond motifs is 1. The summed E-state index contributed by atoms with van der Waals surface area (Å²) >= 11 is 6.11. The zero-order valence-corrected chi connectivity index (χ0v) is 12.7. The highest BCUT2D eigenvalue weighted by Gasteiger charge is 2.36. The highest BCUT2D eigenvalue weighted by atomic mass is 35.5. The van der Waals surface area contributed by atoms with Crippen molar-refractivity contribution in [2.24, 2.45) is 0 Å². The molecule has 0 aromatic heterocycles. The van der Waals surface area contributed by atoms with Gasteiger partial charge in [-0.2, -0.15) is 0 Å². The molecule has 1 atom stereocenters. The van der Waals surface area contributed by atoms with Gasteiger partial charge in [-0.25, -0.2) is 0 Å². The first-order valence-electron chi connectivity index (χ1n) is 7.49. The number of hydrogen-bond donors (Lipinski definition) is 1. The maximum absolute atomic E-state index is 12.5. The quantitative estimate of drug-likeness (QED) is 0.873. The summed E-state index contributed by atoms with van der Waals surface area (Å²) in [6, 6.07) is 7.40. The van der Waals surface area contributed by atoms with E-state index in [1.165, 1.54) is 6.42 Å². The molecule has 1 aliphatic heterocycles. The number of amides is 1. The van der Waals surface area contributed by atoms with Crippen molar-refractivity contribution >= 4 is 17.5 Å². The largest absolute Gasteiger partial charge is 0.485 e. The van der Waals surface area contributed by atoms with Crippen molar-refractivity contribution in [2.45, 2.75) is 43.7 Å². The summed E-state index contributed by atoms with van der Waals surface area (Å²) in [6.07, 6.45) is 4.70. The summed E-state index contributed by atoms with van der Waals surface area (Å²) in [7, 11) is 0. The van der Waals surface area contributed by atoms with Crippen LogP contribution in [0.4, 0.5) is 0 Å². The molecular formula is C16H20ClNO3. The van der Waals surface area contributed by atoms with Crippen LogP contribution in [0.1, 0.15) is 32.1 Å². The highest BCUT2D eigenvalue weighted by molar-refractivity contribution is 6.18. The van der Waals surface area contributed by atoms with E-state index in [1.807, 2.05) is 24.3 Å². The van der Waals surface area contributed by atoms with Gasteiger partial charge in [0.05, 0.1) is 5.54 Å². The normalized spacial score (nSPS) is 23.4. The Balaban J connectivity index is 1.66. The first kappa shape index (κ1) is 14.5. The van der Waals surface area contributed by atoms with Gasteiger partial charge in [0.2, 0.25) is 6.10 Å². The van der Waals surface area contributed by atoms with Crippen LogP contribution in [0.3, 0.4) is 0 Å². The van der Waals surface area contributed by atoms with E-state index in [0.29, 0.717) is 17.4 Å². The first-order chi connectivity index (χ1) is 10.2. The van der Waals surface area contributed by atoms with E-state index in [9.17, 15) is 4.79 Å². The summed E-state index contributed by atoms with van der Waals surface area (Å²) in [6.45, 7) is 0.237. The fourth-order valence-electron chi connectivity index (χ4n) is 3.01. The van der Waals surface area contributed by atoms with Gasteiger partial charge in [-0.15, -0.1) is 11.6 Å². The summed E-state index contributed by atoms with van der Waals surface area (Å²) < 4.78 is 11.3. The van der Waals surface area contributed by atoms with Crippen molar-refractivity contribution in [2.75, 3.05) is 12.5 Å². The second-order valence-corrected chi connectivity index (χ2v) is 6.10. The predicted octanol–water partition coefficient (Wildman–Crippen LogP) is 2.88.